The van der Waals surface area contributed by atoms with Gasteiger partial charge in [0.25, 0.3) is 0 Å². The Labute approximate surface area is 95.2 Å². The van der Waals surface area contributed by atoms with Crippen LogP contribution in [-0.4, -0.2) is 21.1 Å². The summed E-state index contributed by atoms with van der Waals surface area (Å²) in [5, 5.41) is 27.5. The molecule has 0 aliphatic carbocycles. The van der Waals surface area contributed by atoms with E-state index in [1.165, 1.54) is 12.1 Å². The average Bonchev–Trinajstić information content (AvgIpc) is 2.29. The number of phenols is 3. The number of hydrogen-bond acceptors (Lipinski definition) is 4. The van der Waals surface area contributed by atoms with Crippen LogP contribution in [0.4, 0.5) is 0 Å². The molecule has 0 atom stereocenters. The van der Waals surface area contributed by atoms with Crippen molar-refractivity contribution in [2.45, 2.75) is 33.6 Å². The lowest BCUT2D eigenvalue weighted by Gasteiger charge is -2.05. The second kappa shape index (κ2) is 6.71. The second-order valence-electron chi connectivity index (χ2n) is 3.00. The molecule has 3 N–H and O–H groups in total. The van der Waals surface area contributed by atoms with Crippen molar-refractivity contribution in [1.29, 1.82) is 0 Å². The first kappa shape index (κ1) is 14.3. The minimum atomic E-state index is -0.646. The minimum Gasteiger partial charge on any atom is -0.504 e. The van der Waals surface area contributed by atoms with Gasteiger partial charge in [0.1, 0.15) is 0 Å². The third kappa shape index (κ3) is 3.15. The summed E-state index contributed by atoms with van der Waals surface area (Å²) in [5.74, 6) is -1.88. The molecule has 0 heterocycles. The molecule has 90 valence electrons. The van der Waals surface area contributed by atoms with Crippen LogP contribution in [0.5, 0.6) is 17.2 Å². The van der Waals surface area contributed by atoms with Gasteiger partial charge >= 0.3 is 0 Å². The van der Waals surface area contributed by atoms with Crippen molar-refractivity contribution >= 4 is 5.78 Å². The van der Waals surface area contributed by atoms with Gasteiger partial charge in [0.2, 0.25) is 5.75 Å². The van der Waals surface area contributed by atoms with Crippen molar-refractivity contribution < 1.29 is 20.1 Å². The summed E-state index contributed by atoms with van der Waals surface area (Å²) in [4.78, 5) is 11.4. The van der Waals surface area contributed by atoms with Crippen molar-refractivity contribution in [3.05, 3.63) is 17.7 Å². The number of ketones is 1. The molecule has 0 radical (unpaired) electrons. The molecule has 0 aromatic heterocycles. The maximum atomic E-state index is 11.4. The van der Waals surface area contributed by atoms with Crippen LogP contribution in [-0.2, 0) is 0 Å². The van der Waals surface area contributed by atoms with Gasteiger partial charge in [0, 0.05) is 6.42 Å². The lowest BCUT2D eigenvalue weighted by Crippen LogP contribution is -1.98. The van der Waals surface area contributed by atoms with Crippen LogP contribution in [0, 0.1) is 0 Å². The molecule has 16 heavy (non-hydrogen) atoms. The molecule has 0 fully saturated rings. The summed E-state index contributed by atoms with van der Waals surface area (Å²) in [7, 11) is 0. The Balaban J connectivity index is 0.00000106. The van der Waals surface area contributed by atoms with Gasteiger partial charge in [-0.2, -0.15) is 0 Å². The lowest BCUT2D eigenvalue weighted by atomic mass is 10.1. The molecule has 0 aliphatic rings. The molecule has 1 aromatic carbocycles. The van der Waals surface area contributed by atoms with Crippen LogP contribution >= 0.6 is 0 Å². The van der Waals surface area contributed by atoms with Crippen molar-refractivity contribution in [3.63, 3.8) is 0 Å². The highest BCUT2D eigenvalue weighted by atomic mass is 16.3. The monoisotopic (exact) mass is 226 g/mol. The first-order valence-electron chi connectivity index (χ1n) is 5.35. The first-order valence-corrected chi connectivity index (χ1v) is 5.35. The van der Waals surface area contributed by atoms with E-state index in [-0.39, 0.29) is 11.3 Å². The van der Waals surface area contributed by atoms with E-state index in [9.17, 15) is 9.90 Å². The van der Waals surface area contributed by atoms with Crippen LogP contribution in [0.2, 0.25) is 0 Å². The summed E-state index contributed by atoms with van der Waals surface area (Å²) in [6.45, 7) is 5.84. The van der Waals surface area contributed by atoms with Gasteiger partial charge in [-0.3, -0.25) is 4.79 Å². The Hall–Kier alpha value is -1.71. The van der Waals surface area contributed by atoms with Crippen LogP contribution in [0.25, 0.3) is 0 Å². The van der Waals surface area contributed by atoms with Gasteiger partial charge in [-0.25, -0.2) is 0 Å². The molecule has 4 heteroatoms. The summed E-state index contributed by atoms with van der Waals surface area (Å²) >= 11 is 0. The molecular formula is C12H18O4. The number of phenolic OH excluding ortho intramolecular Hbond substituents is 3. The smallest absolute Gasteiger partial charge is 0.201 e. The Morgan fingerprint density at radius 3 is 2.19 bits per heavy atom. The summed E-state index contributed by atoms with van der Waals surface area (Å²) < 4.78 is 0. The van der Waals surface area contributed by atoms with E-state index in [2.05, 4.69) is 0 Å². The second-order valence-corrected chi connectivity index (χ2v) is 3.00. The van der Waals surface area contributed by atoms with Crippen LogP contribution in [0.15, 0.2) is 12.1 Å². The van der Waals surface area contributed by atoms with Crippen molar-refractivity contribution in [2.24, 2.45) is 0 Å². The Kier molecular flexibility index (Phi) is 6.00. The molecule has 0 bridgehead atoms. The number of rotatable bonds is 3. The van der Waals surface area contributed by atoms with Crippen molar-refractivity contribution in [2.75, 3.05) is 0 Å². The summed E-state index contributed by atoms with van der Waals surface area (Å²) in [6.07, 6.45) is 0.970. The molecule has 4 nitrogen and oxygen atoms in total. The molecular weight excluding hydrogens is 208 g/mol. The topological polar surface area (TPSA) is 77.8 Å². The van der Waals surface area contributed by atoms with E-state index in [1.54, 1.807) is 0 Å². The maximum absolute atomic E-state index is 11.4. The van der Waals surface area contributed by atoms with E-state index in [4.69, 9.17) is 10.2 Å². The number of benzene rings is 1. The van der Waals surface area contributed by atoms with Gasteiger partial charge in [-0.1, -0.05) is 20.8 Å². The highest BCUT2D eigenvalue weighted by molar-refractivity contribution is 5.99. The zero-order valence-electron chi connectivity index (χ0n) is 9.82. The first-order chi connectivity index (χ1) is 7.57. The number of aromatic hydroxyl groups is 3. The third-order valence-corrected chi connectivity index (χ3v) is 1.91. The molecule has 0 saturated carbocycles. The number of carbonyl (C=O) groups excluding carboxylic acids is 1. The summed E-state index contributed by atoms with van der Waals surface area (Å²) in [5.41, 5.74) is 0.0437. The number of hydrogen-bond donors (Lipinski definition) is 3. The van der Waals surface area contributed by atoms with E-state index >= 15 is 0 Å². The lowest BCUT2D eigenvalue weighted by molar-refractivity contribution is 0.0978. The minimum absolute atomic E-state index is 0.0437. The predicted molar refractivity (Wildman–Crippen MR) is 62.0 cm³/mol. The molecule has 0 aliphatic heterocycles. The third-order valence-electron chi connectivity index (χ3n) is 1.91. The van der Waals surface area contributed by atoms with Crippen LogP contribution in [0.1, 0.15) is 44.0 Å². The average molecular weight is 226 g/mol. The summed E-state index contributed by atoms with van der Waals surface area (Å²) in [6, 6.07) is 2.47. The van der Waals surface area contributed by atoms with Gasteiger partial charge in [-0.05, 0) is 18.6 Å². The fraction of sp³-hybridized carbons (Fsp3) is 0.417. The van der Waals surface area contributed by atoms with Gasteiger partial charge < -0.3 is 15.3 Å². The van der Waals surface area contributed by atoms with Crippen LogP contribution in [0.3, 0.4) is 0 Å². The van der Waals surface area contributed by atoms with E-state index in [0.717, 1.165) is 0 Å². The van der Waals surface area contributed by atoms with Crippen molar-refractivity contribution in [3.8, 4) is 17.2 Å². The normalized spacial score (nSPS) is 9.19. The Morgan fingerprint density at radius 1 is 1.12 bits per heavy atom. The van der Waals surface area contributed by atoms with E-state index in [1.807, 2.05) is 20.8 Å². The van der Waals surface area contributed by atoms with Gasteiger partial charge in [0.15, 0.2) is 17.3 Å². The van der Waals surface area contributed by atoms with E-state index in [0.29, 0.717) is 12.8 Å². The quantitative estimate of drug-likeness (QED) is 0.547. The highest BCUT2D eigenvalue weighted by Crippen LogP contribution is 2.37. The number of Topliss-reactive ketones (excluding diaryl/α,β-unsaturated/α-hetero) is 1. The SMILES string of the molecule is CC.CCCC(=O)c1ccc(O)c(O)c1O. The molecule has 0 amide bonds. The maximum Gasteiger partial charge on any atom is 0.201 e. The van der Waals surface area contributed by atoms with Gasteiger partial charge in [-0.15, -0.1) is 0 Å². The zero-order chi connectivity index (χ0) is 12.7. The largest absolute Gasteiger partial charge is 0.504 e. The molecule has 0 spiro atoms. The van der Waals surface area contributed by atoms with E-state index < -0.39 is 17.2 Å². The van der Waals surface area contributed by atoms with Crippen LogP contribution < -0.4 is 0 Å². The highest BCUT2D eigenvalue weighted by Gasteiger charge is 2.15. The van der Waals surface area contributed by atoms with Crippen molar-refractivity contribution in [1.82, 2.24) is 0 Å². The standard InChI is InChI=1S/C10H12O4.C2H6/c1-2-3-7(11)6-4-5-8(12)10(14)9(6)13;1-2/h4-5,12-14H,2-3H2,1H3;1-2H3. The molecule has 1 rings (SSSR count). The Morgan fingerprint density at radius 2 is 1.69 bits per heavy atom. The van der Waals surface area contributed by atoms with Gasteiger partial charge in [0.05, 0.1) is 5.56 Å². The number of carbonyl (C=O) groups is 1. The molecule has 0 saturated heterocycles. The Bertz CT molecular complexity index is 358. The predicted octanol–water partition coefficient (Wildman–Crippen LogP) is 2.81. The fourth-order valence-corrected chi connectivity index (χ4v) is 1.16. The zero-order valence-corrected chi connectivity index (χ0v) is 9.82. The fourth-order valence-electron chi connectivity index (χ4n) is 1.16. The molecule has 0 unspecified atom stereocenters. The molecule has 1 aromatic rings.